The van der Waals surface area contributed by atoms with Gasteiger partial charge in [-0.25, -0.2) is 0 Å². The van der Waals surface area contributed by atoms with Crippen LogP contribution < -0.4 is 11.5 Å². The molecule has 4 heteroatoms. The van der Waals surface area contributed by atoms with Gasteiger partial charge in [-0.1, -0.05) is 18.8 Å². The lowest BCUT2D eigenvalue weighted by Crippen LogP contribution is -1.94. The average Bonchev–Trinajstić information content (AvgIpc) is 1.33. The monoisotopic (exact) mass is 136 g/mol. The molecule has 0 bridgehead atoms. The van der Waals surface area contributed by atoms with Gasteiger partial charge in [-0.3, -0.25) is 0 Å². The smallest absolute Gasteiger partial charge is 0.128 e. The lowest BCUT2D eigenvalue weighted by Gasteiger charge is -1.64. The Bertz CT molecular complexity index is 58.0. The highest BCUT2D eigenvalue weighted by atomic mass is 32.1. The molecular formula is C3H8N2S2. The number of thiol groups is 1. The van der Waals surface area contributed by atoms with Crippen LogP contribution in [0.2, 0.25) is 0 Å². The van der Waals surface area contributed by atoms with Crippen LogP contribution in [0, 0.1) is 0 Å². The van der Waals surface area contributed by atoms with E-state index in [2.05, 4.69) is 37.2 Å². The Morgan fingerprint density at radius 2 is 1.86 bits per heavy atom. The van der Waals surface area contributed by atoms with Gasteiger partial charge in [0, 0.05) is 0 Å². The molecule has 0 aliphatic rings. The highest BCUT2D eigenvalue weighted by molar-refractivity contribution is 8.10. The van der Waals surface area contributed by atoms with Crippen LogP contribution in [0.15, 0.2) is 12.8 Å². The van der Waals surface area contributed by atoms with E-state index < -0.39 is 0 Å². The molecule has 0 saturated heterocycles. The summed E-state index contributed by atoms with van der Waals surface area (Å²) in [7, 11) is 0. The van der Waals surface area contributed by atoms with Crippen LogP contribution >= 0.6 is 24.8 Å². The van der Waals surface area contributed by atoms with E-state index in [4.69, 9.17) is 5.73 Å². The maximum atomic E-state index is 4.71. The van der Waals surface area contributed by atoms with E-state index in [1.54, 1.807) is 0 Å². The van der Waals surface area contributed by atoms with Gasteiger partial charge in [-0.05, 0) is 6.20 Å². The van der Waals surface area contributed by atoms with E-state index in [-0.39, 0.29) is 4.32 Å². The first-order valence-electron chi connectivity index (χ1n) is 1.46. The fourth-order valence-electron chi connectivity index (χ4n) is 0. The lowest BCUT2D eigenvalue weighted by atomic mass is 11.1. The number of hydrogen-bond donors (Lipinski definition) is 3. The normalized spacial score (nSPS) is 5.29. The van der Waals surface area contributed by atoms with E-state index in [9.17, 15) is 0 Å². The molecule has 0 heterocycles. The Kier molecular flexibility index (Phi) is 13.1. The zero-order valence-electron chi connectivity index (χ0n) is 3.79. The van der Waals surface area contributed by atoms with Gasteiger partial charge in [0.05, 0.1) is 0 Å². The summed E-state index contributed by atoms with van der Waals surface area (Å²) < 4.78 is 0.194. The fraction of sp³-hybridized carbons (Fsp3) is 0. The third kappa shape index (κ3) is 1710. The minimum Gasteiger partial charge on any atom is -0.405 e. The Balaban J connectivity index is 0. The van der Waals surface area contributed by atoms with Gasteiger partial charge in [-0.2, -0.15) is 0 Å². The quantitative estimate of drug-likeness (QED) is 0.330. The fourth-order valence-corrected chi connectivity index (χ4v) is 0. The number of hydrogen-bond acceptors (Lipinski definition) is 2. The summed E-state index contributed by atoms with van der Waals surface area (Å²) >= 11 is 7.65. The van der Waals surface area contributed by atoms with Gasteiger partial charge in [0.25, 0.3) is 0 Å². The summed E-state index contributed by atoms with van der Waals surface area (Å²) in [6, 6.07) is 0. The molecule has 0 aromatic rings. The largest absolute Gasteiger partial charge is 0.405 e. The number of rotatable bonds is 0. The van der Waals surface area contributed by atoms with Crippen LogP contribution in [0.5, 0.6) is 0 Å². The van der Waals surface area contributed by atoms with Crippen LogP contribution in [-0.2, 0) is 0 Å². The molecule has 0 atom stereocenters. The zero-order chi connectivity index (χ0) is 6.28. The van der Waals surface area contributed by atoms with E-state index in [1.807, 2.05) is 0 Å². The molecule has 4 N–H and O–H groups in total. The van der Waals surface area contributed by atoms with Gasteiger partial charge in [0.2, 0.25) is 0 Å². The van der Waals surface area contributed by atoms with Gasteiger partial charge >= 0.3 is 0 Å². The minimum absolute atomic E-state index is 0.194. The van der Waals surface area contributed by atoms with Crippen molar-refractivity contribution in [1.82, 2.24) is 0 Å². The Morgan fingerprint density at radius 1 is 1.86 bits per heavy atom. The average molecular weight is 136 g/mol. The molecule has 0 spiro atoms. The topological polar surface area (TPSA) is 52.0 Å². The lowest BCUT2D eigenvalue weighted by molar-refractivity contribution is 1.64. The molecule has 0 unspecified atom stereocenters. The molecule has 0 rings (SSSR count). The number of thiocarbonyl (C=S) groups is 1. The van der Waals surface area contributed by atoms with Crippen LogP contribution in [0.1, 0.15) is 0 Å². The summed E-state index contributed by atoms with van der Waals surface area (Å²) in [5, 5.41) is 0. The van der Waals surface area contributed by atoms with E-state index in [1.165, 1.54) is 6.20 Å². The first-order valence-corrected chi connectivity index (χ1v) is 2.31. The van der Waals surface area contributed by atoms with Crippen LogP contribution in [0.25, 0.3) is 0 Å². The van der Waals surface area contributed by atoms with Crippen molar-refractivity contribution in [2.75, 3.05) is 0 Å². The van der Waals surface area contributed by atoms with Crippen molar-refractivity contribution in [3.63, 3.8) is 0 Å². The molecule has 0 saturated carbocycles. The third-order valence-corrected chi connectivity index (χ3v) is 0. The molecule has 2 nitrogen and oxygen atoms in total. The van der Waals surface area contributed by atoms with Gasteiger partial charge in [0.15, 0.2) is 0 Å². The third-order valence-electron chi connectivity index (χ3n) is 0. The molecule has 0 aromatic heterocycles. The summed E-state index contributed by atoms with van der Waals surface area (Å²) in [4.78, 5) is 0. The maximum Gasteiger partial charge on any atom is 0.128 e. The van der Waals surface area contributed by atoms with Crippen LogP contribution in [0.3, 0.4) is 0 Å². The molecule has 7 heavy (non-hydrogen) atoms. The van der Waals surface area contributed by atoms with Crippen molar-refractivity contribution in [3.05, 3.63) is 12.8 Å². The Morgan fingerprint density at radius 3 is 1.86 bits per heavy atom. The standard InChI is InChI=1S/C2H5N.CH3NS2/c1-2-3;2-1(3)4/h2H,1,3H2;(H3,2,3,4). The van der Waals surface area contributed by atoms with E-state index in [0.29, 0.717) is 0 Å². The molecule has 0 fully saturated rings. The number of nitrogens with two attached hydrogens (primary N) is 2. The van der Waals surface area contributed by atoms with Crippen molar-refractivity contribution < 1.29 is 0 Å². The van der Waals surface area contributed by atoms with Crippen molar-refractivity contribution in [2.45, 2.75) is 0 Å². The molecular weight excluding hydrogens is 128 g/mol. The Labute approximate surface area is 54.0 Å². The predicted octanol–water partition coefficient (Wildman–Crippen LogP) is 0.248. The van der Waals surface area contributed by atoms with Crippen molar-refractivity contribution >= 4 is 29.2 Å². The summed E-state index contributed by atoms with van der Waals surface area (Å²) in [6.07, 6.45) is 1.25. The summed E-state index contributed by atoms with van der Waals surface area (Å²) in [5.74, 6) is 0. The first-order chi connectivity index (χ1) is 3.15. The minimum atomic E-state index is 0.194. The second-order valence-electron chi connectivity index (χ2n) is 0.574. The summed E-state index contributed by atoms with van der Waals surface area (Å²) in [6.45, 7) is 3.14. The summed E-state index contributed by atoms with van der Waals surface area (Å²) in [5.41, 5.74) is 9.32. The van der Waals surface area contributed by atoms with Crippen LogP contribution in [-0.4, -0.2) is 4.32 Å². The first kappa shape index (κ1) is 9.91. The molecule has 0 radical (unpaired) electrons. The van der Waals surface area contributed by atoms with E-state index >= 15 is 0 Å². The van der Waals surface area contributed by atoms with Crippen molar-refractivity contribution in [3.8, 4) is 0 Å². The highest BCUT2D eigenvalue weighted by Crippen LogP contribution is 1.63. The molecule has 0 aliphatic heterocycles. The highest BCUT2D eigenvalue weighted by Gasteiger charge is 1.55. The van der Waals surface area contributed by atoms with Crippen LogP contribution in [0.4, 0.5) is 0 Å². The molecule has 0 amide bonds. The predicted molar refractivity (Wildman–Crippen MR) is 40.2 cm³/mol. The molecule has 42 valence electrons. The van der Waals surface area contributed by atoms with Crippen molar-refractivity contribution in [1.29, 1.82) is 0 Å². The maximum absolute atomic E-state index is 4.71. The second-order valence-corrected chi connectivity index (χ2v) is 1.80. The van der Waals surface area contributed by atoms with Crippen molar-refractivity contribution in [2.24, 2.45) is 11.5 Å². The second kappa shape index (κ2) is 9.24. The van der Waals surface area contributed by atoms with E-state index in [0.717, 1.165) is 0 Å². The zero-order valence-corrected chi connectivity index (χ0v) is 5.51. The Hall–Kier alpha value is -0.220. The SMILES string of the molecule is C=CN.NC(=S)S. The molecule has 0 aromatic carbocycles. The van der Waals surface area contributed by atoms with Gasteiger partial charge < -0.3 is 11.5 Å². The van der Waals surface area contributed by atoms with Gasteiger partial charge in [-0.15, -0.1) is 12.6 Å². The molecule has 0 aliphatic carbocycles. The van der Waals surface area contributed by atoms with Gasteiger partial charge in [0.1, 0.15) is 4.32 Å².